The number of allylic oxidation sites excluding steroid dienone is 1. The molecule has 2 aromatic carbocycles. The van der Waals surface area contributed by atoms with Gasteiger partial charge in [0.05, 0.1) is 0 Å². The number of nitrogens with zero attached hydrogens (tertiary/aromatic N) is 2. The lowest BCUT2D eigenvalue weighted by atomic mass is 10.2. The van der Waals surface area contributed by atoms with Crippen LogP contribution < -0.4 is 10.6 Å². The molecule has 0 unspecified atom stereocenters. The van der Waals surface area contributed by atoms with Crippen molar-refractivity contribution >= 4 is 46.7 Å². The van der Waals surface area contributed by atoms with Crippen molar-refractivity contribution in [3.05, 3.63) is 71.8 Å². The molecule has 1 heterocycles. The highest BCUT2D eigenvalue weighted by molar-refractivity contribution is 8.15. The number of rotatable bonds is 6. The molecule has 2 N–H and O–H groups in total. The quantitative estimate of drug-likeness (QED) is 0.582. The third kappa shape index (κ3) is 5.65. The molecule has 28 heavy (non-hydrogen) atoms. The van der Waals surface area contributed by atoms with Gasteiger partial charge in [-0.2, -0.15) is 5.10 Å². The zero-order valence-electron chi connectivity index (χ0n) is 15.3. The third-order valence-electron chi connectivity index (χ3n) is 3.96. The Morgan fingerprint density at radius 2 is 1.93 bits per heavy atom. The minimum atomic E-state index is -0.516. The van der Waals surface area contributed by atoms with Crippen LogP contribution in [-0.4, -0.2) is 28.4 Å². The molecule has 0 spiro atoms. The van der Waals surface area contributed by atoms with Crippen molar-refractivity contribution in [1.29, 1.82) is 0 Å². The minimum absolute atomic E-state index is 0.0709. The summed E-state index contributed by atoms with van der Waals surface area (Å²) in [5.74, 6) is -0.448. The van der Waals surface area contributed by atoms with Gasteiger partial charge in [-0.15, -0.1) is 5.10 Å². The summed E-state index contributed by atoms with van der Waals surface area (Å²) < 4.78 is 0. The van der Waals surface area contributed by atoms with Crippen molar-refractivity contribution in [2.75, 3.05) is 5.32 Å². The molecule has 142 valence electrons. The van der Waals surface area contributed by atoms with E-state index in [4.69, 9.17) is 0 Å². The first-order valence-corrected chi connectivity index (χ1v) is 9.65. The van der Waals surface area contributed by atoms with Crippen LogP contribution in [0.4, 0.5) is 5.69 Å². The SMILES string of the molecule is Cc1ccccc1NC(=O)C[C@@H]1S/C(=N/N=C\C=C\c2ccccc2)NC1=O. The Hall–Kier alpha value is -3.19. The predicted molar refractivity (Wildman–Crippen MR) is 115 cm³/mol. The molecule has 1 fully saturated rings. The van der Waals surface area contributed by atoms with E-state index in [9.17, 15) is 9.59 Å². The van der Waals surface area contributed by atoms with Gasteiger partial charge < -0.3 is 10.6 Å². The van der Waals surface area contributed by atoms with Gasteiger partial charge in [-0.3, -0.25) is 9.59 Å². The number of hydrogen-bond donors (Lipinski definition) is 2. The highest BCUT2D eigenvalue weighted by Crippen LogP contribution is 2.23. The van der Waals surface area contributed by atoms with E-state index in [0.717, 1.165) is 16.8 Å². The lowest BCUT2D eigenvalue weighted by molar-refractivity contribution is -0.122. The molecule has 1 atom stereocenters. The van der Waals surface area contributed by atoms with E-state index in [1.165, 1.54) is 11.8 Å². The molecular formula is C21H20N4O2S. The lowest BCUT2D eigenvalue weighted by Crippen LogP contribution is -2.28. The van der Waals surface area contributed by atoms with Crippen LogP contribution in [-0.2, 0) is 9.59 Å². The fourth-order valence-electron chi connectivity index (χ4n) is 2.51. The Bertz CT molecular complexity index is 938. The fourth-order valence-corrected chi connectivity index (χ4v) is 3.44. The topological polar surface area (TPSA) is 82.9 Å². The zero-order chi connectivity index (χ0) is 19.8. The molecule has 1 saturated heterocycles. The van der Waals surface area contributed by atoms with E-state index in [-0.39, 0.29) is 18.2 Å². The maximum Gasteiger partial charge on any atom is 0.240 e. The first-order chi connectivity index (χ1) is 13.6. The predicted octanol–water partition coefficient (Wildman–Crippen LogP) is 3.61. The van der Waals surface area contributed by atoms with Crippen LogP contribution in [0.5, 0.6) is 0 Å². The zero-order valence-corrected chi connectivity index (χ0v) is 16.1. The van der Waals surface area contributed by atoms with Crippen molar-refractivity contribution in [3.63, 3.8) is 0 Å². The molecular weight excluding hydrogens is 372 g/mol. The van der Waals surface area contributed by atoms with Crippen LogP contribution in [0.25, 0.3) is 6.08 Å². The second kappa shape index (κ2) is 9.66. The summed E-state index contributed by atoms with van der Waals surface area (Å²) in [7, 11) is 0. The second-order valence-corrected chi connectivity index (χ2v) is 7.29. The lowest BCUT2D eigenvalue weighted by Gasteiger charge is -2.09. The van der Waals surface area contributed by atoms with Crippen LogP contribution in [0.2, 0.25) is 0 Å². The molecule has 2 amide bonds. The Balaban J connectivity index is 1.51. The van der Waals surface area contributed by atoms with Crippen LogP contribution >= 0.6 is 11.8 Å². The number of thioether (sulfide) groups is 1. The first-order valence-electron chi connectivity index (χ1n) is 8.77. The summed E-state index contributed by atoms with van der Waals surface area (Å²) in [6, 6.07) is 17.3. The number of nitrogens with one attached hydrogen (secondary N) is 2. The number of hydrogen-bond acceptors (Lipinski definition) is 5. The second-order valence-electron chi connectivity index (χ2n) is 6.10. The molecule has 1 aliphatic rings. The van der Waals surface area contributed by atoms with Gasteiger partial charge in [-0.1, -0.05) is 66.4 Å². The molecule has 0 saturated carbocycles. The van der Waals surface area contributed by atoms with Gasteiger partial charge >= 0.3 is 0 Å². The van der Waals surface area contributed by atoms with Crippen LogP contribution in [0, 0.1) is 6.92 Å². The first kappa shape index (κ1) is 19.6. The molecule has 0 radical (unpaired) electrons. The molecule has 7 heteroatoms. The maximum absolute atomic E-state index is 12.2. The maximum atomic E-state index is 12.2. The number of aryl methyl sites for hydroxylation is 1. The average molecular weight is 392 g/mol. The molecule has 2 aromatic rings. The summed E-state index contributed by atoms with van der Waals surface area (Å²) >= 11 is 1.21. The van der Waals surface area contributed by atoms with Gasteiger partial charge in [0.15, 0.2) is 5.17 Å². The Morgan fingerprint density at radius 1 is 1.18 bits per heavy atom. The smallest absolute Gasteiger partial charge is 0.240 e. The van der Waals surface area contributed by atoms with Crippen molar-refractivity contribution in [3.8, 4) is 0 Å². The molecule has 0 aromatic heterocycles. The average Bonchev–Trinajstić information content (AvgIpc) is 3.03. The normalized spacial score (nSPS) is 18.1. The number of carbonyl (C=O) groups excluding carboxylic acids is 2. The number of para-hydroxylation sites is 1. The molecule has 6 nitrogen and oxygen atoms in total. The number of benzene rings is 2. The number of carbonyl (C=O) groups is 2. The van der Waals surface area contributed by atoms with E-state index in [2.05, 4.69) is 20.8 Å². The van der Waals surface area contributed by atoms with Gasteiger partial charge in [0, 0.05) is 18.3 Å². The summed E-state index contributed by atoms with van der Waals surface area (Å²) in [6.07, 6.45) is 5.29. The number of amides is 2. The van der Waals surface area contributed by atoms with E-state index < -0.39 is 5.25 Å². The Kier molecular flexibility index (Phi) is 6.75. The Labute approximate surface area is 167 Å². The van der Waals surface area contributed by atoms with Gasteiger partial charge in [0.2, 0.25) is 11.8 Å². The highest BCUT2D eigenvalue weighted by atomic mass is 32.2. The van der Waals surface area contributed by atoms with Crippen molar-refractivity contribution in [2.24, 2.45) is 10.2 Å². The van der Waals surface area contributed by atoms with E-state index >= 15 is 0 Å². The molecule has 1 aliphatic heterocycles. The van der Waals surface area contributed by atoms with Crippen molar-refractivity contribution in [2.45, 2.75) is 18.6 Å². The largest absolute Gasteiger partial charge is 0.326 e. The molecule has 0 aliphatic carbocycles. The summed E-state index contributed by atoms with van der Waals surface area (Å²) in [6.45, 7) is 1.92. The Morgan fingerprint density at radius 3 is 2.71 bits per heavy atom. The van der Waals surface area contributed by atoms with E-state index in [0.29, 0.717) is 5.17 Å². The van der Waals surface area contributed by atoms with Gasteiger partial charge in [0.1, 0.15) is 5.25 Å². The van der Waals surface area contributed by atoms with E-state index in [1.54, 1.807) is 12.3 Å². The van der Waals surface area contributed by atoms with Gasteiger partial charge in [-0.25, -0.2) is 0 Å². The van der Waals surface area contributed by atoms with Crippen LogP contribution in [0.1, 0.15) is 17.5 Å². The molecule has 0 bridgehead atoms. The van der Waals surface area contributed by atoms with Crippen molar-refractivity contribution < 1.29 is 9.59 Å². The summed E-state index contributed by atoms with van der Waals surface area (Å²) in [4.78, 5) is 24.3. The molecule has 3 rings (SSSR count). The van der Waals surface area contributed by atoms with Crippen LogP contribution in [0.15, 0.2) is 70.9 Å². The van der Waals surface area contributed by atoms with Crippen LogP contribution in [0.3, 0.4) is 0 Å². The standard InChI is InChI=1S/C21H20N4O2S/c1-15-8-5-6-12-17(15)23-19(26)14-18-20(27)24-21(28-18)25-22-13-7-11-16-9-3-2-4-10-16/h2-13,18H,14H2,1H3,(H,23,26)(H,24,25,27)/b11-7+,22-13-/t18-/m0/s1. The third-order valence-corrected chi connectivity index (χ3v) is 5.03. The van der Waals surface area contributed by atoms with Gasteiger partial charge in [0.25, 0.3) is 0 Å². The van der Waals surface area contributed by atoms with E-state index in [1.807, 2.05) is 67.6 Å². The highest BCUT2D eigenvalue weighted by Gasteiger charge is 2.32. The fraction of sp³-hybridized carbons (Fsp3) is 0.143. The monoisotopic (exact) mass is 392 g/mol. The van der Waals surface area contributed by atoms with Crippen molar-refractivity contribution in [1.82, 2.24) is 5.32 Å². The number of amidine groups is 1. The minimum Gasteiger partial charge on any atom is -0.326 e. The number of anilines is 1. The summed E-state index contributed by atoms with van der Waals surface area (Å²) in [5.41, 5.74) is 2.78. The van der Waals surface area contributed by atoms with Gasteiger partial charge in [-0.05, 0) is 30.2 Å². The summed E-state index contributed by atoms with van der Waals surface area (Å²) in [5, 5.41) is 13.3.